The van der Waals surface area contributed by atoms with Crippen molar-refractivity contribution in [2.24, 2.45) is 0 Å². The molecular weight excluding hydrogens is 434 g/mol. The summed E-state index contributed by atoms with van der Waals surface area (Å²) in [6, 6.07) is 12.7. The number of carbonyl (C=O) groups is 1. The highest BCUT2D eigenvalue weighted by molar-refractivity contribution is 7.99. The van der Waals surface area contributed by atoms with E-state index in [9.17, 15) is 4.79 Å². The average Bonchev–Trinajstić information content (AvgIpc) is 3.11. The summed E-state index contributed by atoms with van der Waals surface area (Å²) in [5, 5.41) is 0.806. The number of halogens is 1. The predicted molar refractivity (Wildman–Crippen MR) is 134 cm³/mol. The van der Waals surface area contributed by atoms with Crippen LogP contribution >= 0.6 is 35.5 Å². The Bertz CT molecular complexity index is 986. The van der Waals surface area contributed by atoms with Crippen LogP contribution in [0.25, 0.3) is 10.2 Å². The van der Waals surface area contributed by atoms with E-state index in [0.717, 1.165) is 27.6 Å². The fourth-order valence-electron chi connectivity index (χ4n) is 2.98. The summed E-state index contributed by atoms with van der Waals surface area (Å²) < 4.78 is 1.14. The first-order valence-electron chi connectivity index (χ1n) is 9.86. The number of fused-ring (bicyclic) bond motifs is 1. The number of nitrogens with zero attached hydrogens (tertiary/aromatic N) is 3. The molecule has 7 heteroatoms. The van der Waals surface area contributed by atoms with Crippen molar-refractivity contribution in [1.82, 2.24) is 9.88 Å². The molecule has 0 atom stereocenters. The van der Waals surface area contributed by atoms with E-state index in [2.05, 4.69) is 62.1 Å². The average molecular weight is 464 g/mol. The van der Waals surface area contributed by atoms with E-state index < -0.39 is 0 Å². The number of thiazole rings is 1. The molecule has 0 bridgehead atoms. The number of aromatic nitrogens is 1. The van der Waals surface area contributed by atoms with Crippen molar-refractivity contribution < 1.29 is 4.79 Å². The molecule has 162 valence electrons. The van der Waals surface area contributed by atoms with Crippen LogP contribution in [0.5, 0.6) is 0 Å². The van der Waals surface area contributed by atoms with Crippen LogP contribution in [0.1, 0.15) is 23.1 Å². The Morgan fingerprint density at radius 2 is 1.73 bits per heavy atom. The molecule has 0 radical (unpaired) electrons. The summed E-state index contributed by atoms with van der Waals surface area (Å²) >= 11 is 3.34. The van der Waals surface area contributed by atoms with E-state index in [1.165, 1.54) is 21.6 Å². The summed E-state index contributed by atoms with van der Waals surface area (Å²) in [5.41, 5.74) is 4.69. The molecule has 0 fully saturated rings. The highest BCUT2D eigenvalue weighted by atomic mass is 35.5. The lowest BCUT2D eigenvalue weighted by Gasteiger charge is -2.22. The molecule has 0 unspecified atom stereocenters. The standard InChI is InChI=1S/C23H29N3OS2.ClH/c1-16-6-9-19(10-7-16)28-15-12-21(27)26(14-13-25(4)5)23-24-22-18(3)17(2)8-11-20(22)29-23;/h6-11H,12-15H2,1-5H3;1H. The molecule has 4 nitrogen and oxygen atoms in total. The van der Waals surface area contributed by atoms with Crippen molar-refractivity contribution in [3.8, 4) is 0 Å². The molecule has 1 heterocycles. The number of anilines is 1. The Hall–Kier alpha value is -1.60. The van der Waals surface area contributed by atoms with E-state index in [1.807, 2.05) is 19.0 Å². The smallest absolute Gasteiger partial charge is 0.229 e. The molecule has 0 aliphatic heterocycles. The van der Waals surface area contributed by atoms with E-state index in [1.54, 1.807) is 23.1 Å². The number of carbonyl (C=O) groups excluding carboxylic acids is 1. The van der Waals surface area contributed by atoms with E-state index in [4.69, 9.17) is 4.98 Å². The van der Waals surface area contributed by atoms with Gasteiger partial charge < -0.3 is 4.90 Å². The molecule has 0 saturated heterocycles. The zero-order chi connectivity index (χ0) is 21.0. The molecule has 2 aromatic carbocycles. The highest BCUT2D eigenvalue weighted by Gasteiger charge is 2.20. The van der Waals surface area contributed by atoms with Gasteiger partial charge >= 0.3 is 0 Å². The van der Waals surface area contributed by atoms with Crippen molar-refractivity contribution in [3.63, 3.8) is 0 Å². The zero-order valence-corrected chi connectivity index (χ0v) is 20.7. The van der Waals surface area contributed by atoms with Gasteiger partial charge in [0.1, 0.15) is 0 Å². The van der Waals surface area contributed by atoms with Crippen LogP contribution in [0.4, 0.5) is 5.13 Å². The minimum atomic E-state index is 0. The van der Waals surface area contributed by atoms with Crippen molar-refractivity contribution >= 4 is 56.8 Å². The van der Waals surface area contributed by atoms with Crippen LogP contribution in [0.2, 0.25) is 0 Å². The minimum Gasteiger partial charge on any atom is -0.308 e. The van der Waals surface area contributed by atoms with Gasteiger partial charge in [-0.1, -0.05) is 35.1 Å². The second-order valence-electron chi connectivity index (χ2n) is 7.61. The number of benzene rings is 2. The van der Waals surface area contributed by atoms with E-state index in [0.29, 0.717) is 13.0 Å². The molecule has 3 aromatic rings. The van der Waals surface area contributed by atoms with Gasteiger partial charge in [-0.25, -0.2) is 4.98 Å². The van der Waals surface area contributed by atoms with Gasteiger partial charge in [-0.2, -0.15) is 0 Å². The topological polar surface area (TPSA) is 36.4 Å². The number of aryl methyl sites for hydroxylation is 3. The Kier molecular flexibility index (Phi) is 9.16. The van der Waals surface area contributed by atoms with Crippen LogP contribution in [-0.4, -0.2) is 48.7 Å². The fraction of sp³-hybridized carbons (Fsp3) is 0.391. The second-order valence-corrected chi connectivity index (χ2v) is 9.79. The number of hydrogen-bond acceptors (Lipinski definition) is 5. The monoisotopic (exact) mass is 463 g/mol. The lowest BCUT2D eigenvalue weighted by atomic mass is 10.1. The summed E-state index contributed by atoms with van der Waals surface area (Å²) in [6.07, 6.45) is 0.500. The molecule has 0 N–H and O–H groups in total. The van der Waals surface area contributed by atoms with Gasteiger partial charge in [-0.3, -0.25) is 9.69 Å². The maximum absolute atomic E-state index is 13.1. The molecule has 0 aliphatic rings. The zero-order valence-electron chi connectivity index (χ0n) is 18.3. The highest BCUT2D eigenvalue weighted by Crippen LogP contribution is 2.32. The van der Waals surface area contributed by atoms with Gasteiger partial charge in [-0.15, -0.1) is 24.2 Å². The summed E-state index contributed by atoms with van der Waals surface area (Å²) in [4.78, 5) is 23.1. The summed E-state index contributed by atoms with van der Waals surface area (Å²) in [6.45, 7) is 7.75. The van der Waals surface area contributed by atoms with Gasteiger partial charge in [0, 0.05) is 30.2 Å². The van der Waals surface area contributed by atoms with E-state index >= 15 is 0 Å². The summed E-state index contributed by atoms with van der Waals surface area (Å²) in [5.74, 6) is 0.906. The number of rotatable bonds is 8. The largest absolute Gasteiger partial charge is 0.308 e. The first-order valence-corrected chi connectivity index (χ1v) is 11.7. The predicted octanol–water partition coefficient (Wildman–Crippen LogP) is 5.72. The molecule has 3 rings (SSSR count). The number of amides is 1. The maximum atomic E-state index is 13.1. The summed E-state index contributed by atoms with van der Waals surface area (Å²) in [7, 11) is 4.06. The maximum Gasteiger partial charge on any atom is 0.229 e. The molecule has 0 saturated carbocycles. The third-order valence-electron chi connectivity index (χ3n) is 4.98. The molecule has 1 amide bonds. The van der Waals surface area contributed by atoms with Gasteiger partial charge in [0.2, 0.25) is 5.91 Å². The van der Waals surface area contributed by atoms with E-state index in [-0.39, 0.29) is 18.3 Å². The molecule has 30 heavy (non-hydrogen) atoms. The molecular formula is C23H30ClN3OS2. The number of thioether (sulfide) groups is 1. The van der Waals surface area contributed by atoms with Crippen LogP contribution in [0, 0.1) is 20.8 Å². The van der Waals surface area contributed by atoms with Crippen LogP contribution in [0.3, 0.4) is 0 Å². The number of hydrogen-bond donors (Lipinski definition) is 0. The van der Waals surface area contributed by atoms with Crippen molar-refractivity contribution in [1.29, 1.82) is 0 Å². The quantitative estimate of drug-likeness (QED) is 0.400. The van der Waals surface area contributed by atoms with Crippen LogP contribution in [0.15, 0.2) is 41.3 Å². The molecule has 1 aromatic heterocycles. The lowest BCUT2D eigenvalue weighted by molar-refractivity contribution is -0.118. The third kappa shape index (κ3) is 6.20. The van der Waals surface area contributed by atoms with Gasteiger partial charge in [0.25, 0.3) is 0 Å². The van der Waals surface area contributed by atoms with Gasteiger partial charge in [0.05, 0.1) is 10.2 Å². The Morgan fingerprint density at radius 3 is 2.40 bits per heavy atom. The Labute approximate surface area is 194 Å². The molecule has 0 spiro atoms. The van der Waals surface area contributed by atoms with Gasteiger partial charge in [0.15, 0.2) is 5.13 Å². The fourth-order valence-corrected chi connectivity index (χ4v) is 4.89. The number of likely N-dealkylation sites (N-methyl/N-ethyl adjacent to an activating group) is 1. The Morgan fingerprint density at radius 1 is 1.03 bits per heavy atom. The van der Waals surface area contributed by atoms with Crippen molar-refractivity contribution in [2.75, 3.05) is 37.8 Å². The first kappa shape index (κ1) is 24.7. The van der Waals surface area contributed by atoms with Crippen molar-refractivity contribution in [3.05, 3.63) is 53.1 Å². The SMILES string of the molecule is Cc1ccc(SCCC(=O)N(CCN(C)C)c2nc3c(C)c(C)ccc3s2)cc1.Cl. The molecule has 0 aliphatic carbocycles. The minimum absolute atomic E-state index is 0. The second kappa shape index (κ2) is 11.1. The van der Waals surface area contributed by atoms with Crippen molar-refractivity contribution in [2.45, 2.75) is 32.1 Å². The first-order chi connectivity index (χ1) is 13.8. The third-order valence-corrected chi connectivity index (χ3v) is 7.04. The van der Waals surface area contributed by atoms with Gasteiger partial charge in [-0.05, 0) is 64.2 Å². The normalized spacial score (nSPS) is 11.0. The van der Waals surface area contributed by atoms with Crippen LogP contribution < -0.4 is 4.90 Å². The van der Waals surface area contributed by atoms with Crippen LogP contribution in [-0.2, 0) is 4.79 Å². The Balaban J connectivity index is 0.00000320. The lowest BCUT2D eigenvalue weighted by Crippen LogP contribution is -2.36.